The van der Waals surface area contributed by atoms with Crippen LogP contribution < -0.4 is 10.6 Å². The van der Waals surface area contributed by atoms with Crippen molar-refractivity contribution in [3.8, 4) is 0 Å². The number of imidazole rings is 1. The van der Waals surface area contributed by atoms with Crippen molar-refractivity contribution < 1.29 is 4.79 Å². The number of halogens is 1. The molecule has 1 amide bonds. The van der Waals surface area contributed by atoms with Crippen LogP contribution in [0.15, 0.2) is 29.1 Å². The number of H-pyrrole nitrogens is 1. The molecule has 0 bridgehead atoms. The molecule has 0 spiro atoms. The van der Waals surface area contributed by atoms with Crippen LogP contribution in [0.5, 0.6) is 0 Å². The number of aryl methyl sites for hydroxylation is 1. The van der Waals surface area contributed by atoms with E-state index in [1.807, 2.05) is 6.92 Å². The molecular formula is C14H18BrN5O. The molecule has 0 aliphatic carbocycles. The Bertz CT molecular complexity index is 585. The van der Waals surface area contributed by atoms with Gasteiger partial charge in [0, 0.05) is 42.6 Å². The molecule has 0 saturated heterocycles. The number of carbonyl (C=O) groups excluding carboxylic acids is 1. The maximum atomic E-state index is 12.2. The van der Waals surface area contributed by atoms with Crippen LogP contribution >= 0.6 is 15.9 Å². The molecule has 0 saturated carbocycles. The third kappa shape index (κ3) is 4.56. The zero-order valence-corrected chi connectivity index (χ0v) is 13.4. The second kappa shape index (κ2) is 7.78. The summed E-state index contributed by atoms with van der Waals surface area (Å²) in [4.78, 5) is 23.6. The topological polar surface area (TPSA) is 82.7 Å². The third-order valence-corrected chi connectivity index (χ3v) is 3.31. The standard InChI is InChI=1S/C14H18BrN5O/c1-2-16-13-11(8-10(15)9-20-13)14(21)19-5-3-4-12-17-6-7-18-12/h6-9H,2-5H2,1H3,(H,16,20)(H,17,18)(H,19,21). The van der Waals surface area contributed by atoms with Crippen molar-refractivity contribution in [1.82, 2.24) is 20.3 Å². The van der Waals surface area contributed by atoms with Crippen molar-refractivity contribution in [2.75, 3.05) is 18.4 Å². The first kappa shape index (κ1) is 15.5. The van der Waals surface area contributed by atoms with Crippen LogP contribution in [0, 0.1) is 0 Å². The van der Waals surface area contributed by atoms with E-state index in [4.69, 9.17) is 0 Å². The Morgan fingerprint density at radius 2 is 2.29 bits per heavy atom. The number of nitrogens with zero attached hydrogens (tertiary/aromatic N) is 2. The molecule has 2 heterocycles. The van der Waals surface area contributed by atoms with Crippen LogP contribution in [0.1, 0.15) is 29.5 Å². The van der Waals surface area contributed by atoms with Gasteiger partial charge in [-0.05, 0) is 35.3 Å². The number of amides is 1. The van der Waals surface area contributed by atoms with Crippen molar-refractivity contribution in [3.05, 3.63) is 40.5 Å². The predicted octanol–water partition coefficient (Wildman–Crippen LogP) is 2.36. The number of hydrogen-bond acceptors (Lipinski definition) is 4. The lowest BCUT2D eigenvalue weighted by atomic mass is 10.2. The Kier molecular flexibility index (Phi) is 5.74. The molecule has 0 fully saturated rings. The molecule has 21 heavy (non-hydrogen) atoms. The van der Waals surface area contributed by atoms with Crippen molar-refractivity contribution >= 4 is 27.7 Å². The number of pyridine rings is 1. The van der Waals surface area contributed by atoms with E-state index in [2.05, 4.69) is 41.5 Å². The first-order chi connectivity index (χ1) is 10.2. The Labute approximate surface area is 131 Å². The summed E-state index contributed by atoms with van der Waals surface area (Å²) in [5, 5.41) is 6.00. The molecule has 0 aromatic carbocycles. The molecule has 0 aliphatic rings. The highest BCUT2D eigenvalue weighted by Gasteiger charge is 2.12. The Balaban J connectivity index is 1.88. The summed E-state index contributed by atoms with van der Waals surface area (Å²) in [5.74, 6) is 1.41. The first-order valence-electron chi connectivity index (χ1n) is 6.86. The highest BCUT2D eigenvalue weighted by atomic mass is 79.9. The summed E-state index contributed by atoms with van der Waals surface area (Å²) in [6.07, 6.45) is 6.83. The monoisotopic (exact) mass is 351 g/mol. The molecule has 0 unspecified atom stereocenters. The molecule has 2 aromatic rings. The number of aromatic amines is 1. The summed E-state index contributed by atoms with van der Waals surface area (Å²) in [5.41, 5.74) is 0.546. The highest BCUT2D eigenvalue weighted by molar-refractivity contribution is 9.10. The van der Waals surface area contributed by atoms with Gasteiger partial charge in [0.05, 0.1) is 5.56 Å². The smallest absolute Gasteiger partial charge is 0.255 e. The van der Waals surface area contributed by atoms with E-state index in [-0.39, 0.29) is 5.91 Å². The highest BCUT2D eigenvalue weighted by Crippen LogP contribution is 2.17. The van der Waals surface area contributed by atoms with Crippen LogP contribution in [-0.4, -0.2) is 33.9 Å². The number of rotatable bonds is 7. The minimum absolute atomic E-state index is 0.126. The van der Waals surface area contributed by atoms with Crippen molar-refractivity contribution in [3.63, 3.8) is 0 Å². The van der Waals surface area contributed by atoms with E-state index < -0.39 is 0 Å². The van der Waals surface area contributed by atoms with E-state index in [0.29, 0.717) is 24.5 Å². The lowest BCUT2D eigenvalue weighted by Crippen LogP contribution is -2.26. The SMILES string of the molecule is CCNc1ncc(Br)cc1C(=O)NCCCc1ncc[nH]1. The number of aromatic nitrogens is 3. The van der Waals surface area contributed by atoms with E-state index in [1.165, 1.54) is 0 Å². The average molecular weight is 352 g/mol. The summed E-state index contributed by atoms with van der Waals surface area (Å²) in [7, 11) is 0. The van der Waals surface area contributed by atoms with Gasteiger partial charge >= 0.3 is 0 Å². The van der Waals surface area contributed by atoms with Gasteiger partial charge in [-0.3, -0.25) is 4.79 Å². The second-order valence-corrected chi connectivity index (χ2v) is 5.39. The minimum atomic E-state index is -0.126. The Hall–Kier alpha value is -1.89. The summed E-state index contributed by atoms with van der Waals surface area (Å²) in [6, 6.07) is 1.77. The van der Waals surface area contributed by atoms with Gasteiger partial charge in [0.2, 0.25) is 0 Å². The first-order valence-corrected chi connectivity index (χ1v) is 7.66. The third-order valence-electron chi connectivity index (χ3n) is 2.87. The quantitative estimate of drug-likeness (QED) is 0.668. The van der Waals surface area contributed by atoms with E-state index in [0.717, 1.165) is 23.1 Å². The molecule has 6 nitrogen and oxygen atoms in total. The van der Waals surface area contributed by atoms with Crippen molar-refractivity contribution in [2.24, 2.45) is 0 Å². The molecule has 2 rings (SSSR count). The summed E-state index contributed by atoms with van der Waals surface area (Å²) in [6.45, 7) is 3.28. The van der Waals surface area contributed by atoms with Crippen LogP contribution in [0.3, 0.4) is 0 Å². The van der Waals surface area contributed by atoms with Gasteiger partial charge in [0.15, 0.2) is 0 Å². The van der Waals surface area contributed by atoms with E-state index in [9.17, 15) is 4.79 Å². The van der Waals surface area contributed by atoms with Gasteiger partial charge in [-0.25, -0.2) is 9.97 Å². The summed E-state index contributed by atoms with van der Waals surface area (Å²) >= 11 is 3.34. The lowest BCUT2D eigenvalue weighted by Gasteiger charge is -2.10. The van der Waals surface area contributed by atoms with Gasteiger partial charge in [0.1, 0.15) is 11.6 Å². The van der Waals surface area contributed by atoms with Crippen LogP contribution in [0.25, 0.3) is 0 Å². The minimum Gasteiger partial charge on any atom is -0.370 e. The number of nitrogens with one attached hydrogen (secondary N) is 3. The van der Waals surface area contributed by atoms with Gasteiger partial charge in [0.25, 0.3) is 5.91 Å². The van der Waals surface area contributed by atoms with Gasteiger partial charge < -0.3 is 15.6 Å². The molecule has 2 aromatic heterocycles. The van der Waals surface area contributed by atoms with Gasteiger partial charge in [-0.2, -0.15) is 0 Å². The molecule has 0 atom stereocenters. The van der Waals surface area contributed by atoms with Gasteiger partial charge in [-0.1, -0.05) is 0 Å². The zero-order chi connectivity index (χ0) is 15.1. The maximum absolute atomic E-state index is 12.2. The van der Waals surface area contributed by atoms with E-state index in [1.54, 1.807) is 24.7 Å². The van der Waals surface area contributed by atoms with Crippen molar-refractivity contribution in [1.29, 1.82) is 0 Å². The fourth-order valence-corrected chi connectivity index (χ4v) is 2.24. The number of anilines is 1. The molecule has 3 N–H and O–H groups in total. The fourth-order valence-electron chi connectivity index (χ4n) is 1.91. The van der Waals surface area contributed by atoms with Crippen LogP contribution in [0.2, 0.25) is 0 Å². The zero-order valence-electron chi connectivity index (χ0n) is 11.8. The molecule has 7 heteroatoms. The molecular weight excluding hydrogens is 334 g/mol. The largest absolute Gasteiger partial charge is 0.370 e. The number of hydrogen-bond donors (Lipinski definition) is 3. The van der Waals surface area contributed by atoms with Gasteiger partial charge in [-0.15, -0.1) is 0 Å². The average Bonchev–Trinajstić information content (AvgIpc) is 2.99. The lowest BCUT2D eigenvalue weighted by molar-refractivity contribution is 0.0953. The Morgan fingerprint density at radius 1 is 1.43 bits per heavy atom. The Morgan fingerprint density at radius 3 is 3.00 bits per heavy atom. The second-order valence-electron chi connectivity index (χ2n) is 4.48. The predicted molar refractivity (Wildman–Crippen MR) is 85.3 cm³/mol. The van der Waals surface area contributed by atoms with Crippen LogP contribution in [-0.2, 0) is 6.42 Å². The fraction of sp³-hybridized carbons (Fsp3) is 0.357. The number of carbonyl (C=O) groups is 1. The van der Waals surface area contributed by atoms with E-state index >= 15 is 0 Å². The normalized spacial score (nSPS) is 10.4. The molecule has 112 valence electrons. The molecule has 0 aliphatic heterocycles. The summed E-state index contributed by atoms with van der Waals surface area (Å²) < 4.78 is 0.782. The maximum Gasteiger partial charge on any atom is 0.255 e. The van der Waals surface area contributed by atoms with Crippen LogP contribution in [0.4, 0.5) is 5.82 Å². The molecule has 0 radical (unpaired) electrons. The van der Waals surface area contributed by atoms with Crippen molar-refractivity contribution in [2.45, 2.75) is 19.8 Å².